The minimum absolute atomic E-state index is 0.613. The van der Waals surface area contributed by atoms with Crippen LogP contribution < -0.4 is 0 Å². The van der Waals surface area contributed by atoms with Crippen molar-refractivity contribution in [3.8, 4) is 0 Å². The van der Waals surface area contributed by atoms with E-state index in [0.29, 0.717) is 11.2 Å². The fourth-order valence-electron chi connectivity index (χ4n) is 1.77. The Morgan fingerprint density at radius 3 is 2.88 bits per heavy atom. The van der Waals surface area contributed by atoms with Crippen LogP contribution in [-0.2, 0) is 0 Å². The summed E-state index contributed by atoms with van der Waals surface area (Å²) in [6.07, 6.45) is 1.19. The van der Waals surface area contributed by atoms with Crippen LogP contribution in [0.4, 0.5) is 0 Å². The summed E-state index contributed by atoms with van der Waals surface area (Å²) in [4.78, 5) is 4.84. The molecule has 0 spiro atoms. The highest BCUT2D eigenvalue weighted by Gasteiger charge is 2.26. The minimum atomic E-state index is 0.613. The van der Waals surface area contributed by atoms with Gasteiger partial charge in [0.25, 0.3) is 0 Å². The number of thioether (sulfide) groups is 2. The fraction of sp³-hybridized carbons (Fsp3) is 0.750. The van der Waals surface area contributed by atoms with E-state index >= 15 is 0 Å². The van der Waals surface area contributed by atoms with Gasteiger partial charge in [-0.05, 0) is 12.3 Å². The fourth-order valence-corrected chi connectivity index (χ4v) is 5.89. The lowest BCUT2D eigenvalue weighted by molar-refractivity contribution is 0.707. The summed E-state index contributed by atoms with van der Waals surface area (Å²) < 4.78 is 0. The summed E-state index contributed by atoms with van der Waals surface area (Å²) in [5.41, 5.74) is 1.30. The molecule has 3 unspecified atom stereocenters. The number of thiazole rings is 1. The van der Waals surface area contributed by atoms with Crippen molar-refractivity contribution >= 4 is 34.9 Å². The summed E-state index contributed by atoms with van der Waals surface area (Å²) in [5.74, 6) is 3.19. The normalized spacial score (nSPS) is 27.9. The molecule has 0 saturated carbocycles. The van der Waals surface area contributed by atoms with Crippen LogP contribution in [0.25, 0.3) is 0 Å². The second-order valence-electron chi connectivity index (χ2n) is 4.29. The molecule has 16 heavy (non-hydrogen) atoms. The molecule has 0 radical (unpaired) electrons. The third-order valence-corrected chi connectivity index (χ3v) is 7.28. The van der Waals surface area contributed by atoms with Crippen LogP contribution in [0.5, 0.6) is 0 Å². The maximum Gasteiger partial charge on any atom is 0.107 e. The van der Waals surface area contributed by atoms with Gasteiger partial charge in [0, 0.05) is 22.1 Å². The van der Waals surface area contributed by atoms with Crippen molar-refractivity contribution in [2.24, 2.45) is 0 Å². The number of aromatic nitrogens is 1. The van der Waals surface area contributed by atoms with E-state index in [0.717, 1.165) is 5.25 Å². The second-order valence-corrected chi connectivity index (χ2v) is 7.91. The lowest BCUT2D eigenvalue weighted by atomic mass is 10.1. The van der Waals surface area contributed by atoms with Gasteiger partial charge in [-0.15, -0.1) is 23.1 Å². The summed E-state index contributed by atoms with van der Waals surface area (Å²) >= 11 is 6.03. The van der Waals surface area contributed by atoms with Crippen LogP contribution in [0, 0.1) is 0 Å². The summed E-state index contributed by atoms with van der Waals surface area (Å²) in [5, 5.41) is 4.95. The molecular formula is C12H19NS3. The van der Waals surface area contributed by atoms with Gasteiger partial charge in [-0.2, -0.15) is 11.8 Å². The summed E-state index contributed by atoms with van der Waals surface area (Å²) in [7, 11) is 0. The molecule has 2 rings (SSSR count). The average molecular weight is 273 g/mol. The van der Waals surface area contributed by atoms with Gasteiger partial charge in [0.2, 0.25) is 0 Å². The van der Waals surface area contributed by atoms with Gasteiger partial charge < -0.3 is 0 Å². The Kier molecular flexibility index (Phi) is 4.62. The quantitative estimate of drug-likeness (QED) is 0.801. The van der Waals surface area contributed by atoms with Crippen LogP contribution >= 0.6 is 34.9 Å². The van der Waals surface area contributed by atoms with Gasteiger partial charge in [-0.3, -0.25) is 0 Å². The number of hydrogen-bond donors (Lipinski definition) is 0. The number of rotatable bonds is 3. The molecular weight excluding hydrogens is 254 g/mol. The third kappa shape index (κ3) is 2.77. The van der Waals surface area contributed by atoms with Crippen LogP contribution in [0.15, 0.2) is 5.38 Å². The van der Waals surface area contributed by atoms with Gasteiger partial charge in [-0.1, -0.05) is 20.8 Å². The first-order chi connectivity index (χ1) is 7.72. The molecule has 2 heterocycles. The van der Waals surface area contributed by atoms with Crippen LogP contribution in [0.2, 0.25) is 0 Å². The molecule has 1 aliphatic rings. The maximum absolute atomic E-state index is 4.84. The van der Waals surface area contributed by atoms with E-state index in [-0.39, 0.29) is 0 Å². The third-order valence-electron chi connectivity index (χ3n) is 3.09. The lowest BCUT2D eigenvalue weighted by Gasteiger charge is -2.26. The van der Waals surface area contributed by atoms with Crippen LogP contribution in [0.3, 0.4) is 0 Å². The topological polar surface area (TPSA) is 12.9 Å². The van der Waals surface area contributed by atoms with Gasteiger partial charge >= 0.3 is 0 Å². The van der Waals surface area contributed by atoms with Crippen molar-refractivity contribution in [1.82, 2.24) is 4.98 Å². The van der Waals surface area contributed by atoms with E-state index < -0.39 is 0 Å². The molecule has 1 saturated heterocycles. The molecule has 0 aliphatic carbocycles. The Hall–Kier alpha value is 0.330. The van der Waals surface area contributed by atoms with Crippen molar-refractivity contribution < 1.29 is 0 Å². The minimum Gasteiger partial charge on any atom is -0.245 e. The zero-order valence-corrected chi connectivity index (χ0v) is 12.6. The Bertz CT molecular complexity index is 337. The number of hydrogen-bond acceptors (Lipinski definition) is 4. The van der Waals surface area contributed by atoms with Crippen LogP contribution in [0.1, 0.15) is 49.1 Å². The van der Waals surface area contributed by atoms with Gasteiger partial charge in [-0.25, -0.2) is 4.98 Å². The Morgan fingerprint density at radius 1 is 1.44 bits per heavy atom. The molecule has 1 fully saturated rings. The monoisotopic (exact) mass is 273 g/mol. The molecule has 1 aromatic heterocycles. The smallest absolute Gasteiger partial charge is 0.107 e. The first-order valence-corrected chi connectivity index (χ1v) is 8.88. The van der Waals surface area contributed by atoms with Gasteiger partial charge in [0.1, 0.15) is 5.01 Å². The zero-order valence-electron chi connectivity index (χ0n) is 10.1. The van der Waals surface area contributed by atoms with E-state index in [4.69, 9.17) is 4.98 Å². The molecule has 0 N–H and O–H groups in total. The Balaban J connectivity index is 2.11. The number of nitrogens with zero attached hydrogens (tertiary/aromatic N) is 1. The second kappa shape index (κ2) is 5.78. The van der Waals surface area contributed by atoms with E-state index in [1.807, 2.05) is 11.3 Å². The summed E-state index contributed by atoms with van der Waals surface area (Å²) in [6, 6.07) is 0. The molecule has 0 aromatic carbocycles. The molecule has 0 bridgehead atoms. The van der Waals surface area contributed by atoms with Crippen molar-refractivity contribution in [3.63, 3.8) is 0 Å². The standard InChI is InChI=1S/C12H19NS3/c1-4-8(2)10-7-16-12(13-10)11-9(3)14-5-6-15-11/h7-9,11H,4-6H2,1-3H3. The molecule has 0 amide bonds. The largest absolute Gasteiger partial charge is 0.245 e. The van der Waals surface area contributed by atoms with Crippen LogP contribution in [-0.4, -0.2) is 21.7 Å². The van der Waals surface area contributed by atoms with Crippen molar-refractivity contribution in [2.75, 3.05) is 11.5 Å². The van der Waals surface area contributed by atoms with Crippen molar-refractivity contribution in [3.05, 3.63) is 16.1 Å². The average Bonchev–Trinajstić information content (AvgIpc) is 2.78. The highest BCUT2D eigenvalue weighted by atomic mass is 32.2. The first kappa shape index (κ1) is 12.8. The first-order valence-electron chi connectivity index (χ1n) is 5.91. The Morgan fingerprint density at radius 2 is 2.19 bits per heavy atom. The maximum atomic E-state index is 4.84. The SMILES string of the molecule is CCC(C)c1csc(C2SCCSC2C)n1. The zero-order chi connectivity index (χ0) is 11.5. The Labute approximate surface area is 111 Å². The van der Waals surface area contributed by atoms with E-state index in [1.54, 1.807) is 0 Å². The van der Waals surface area contributed by atoms with Crippen molar-refractivity contribution in [2.45, 2.75) is 43.6 Å². The molecule has 1 aromatic rings. The summed E-state index contributed by atoms with van der Waals surface area (Å²) in [6.45, 7) is 6.84. The van der Waals surface area contributed by atoms with Gasteiger partial charge in [0.15, 0.2) is 0 Å². The predicted molar refractivity (Wildman–Crippen MR) is 77.9 cm³/mol. The highest BCUT2D eigenvalue weighted by Crippen LogP contribution is 2.43. The van der Waals surface area contributed by atoms with E-state index in [1.165, 1.54) is 28.6 Å². The molecule has 3 atom stereocenters. The van der Waals surface area contributed by atoms with Gasteiger partial charge in [0.05, 0.1) is 10.9 Å². The molecule has 90 valence electrons. The highest BCUT2D eigenvalue weighted by molar-refractivity contribution is 8.06. The molecule has 4 heteroatoms. The lowest BCUT2D eigenvalue weighted by Crippen LogP contribution is -2.15. The van der Waals surface area contributed by atoms with E-state index in [9.17, 15) is 0 Å². The predicted octanol–water partition coefficient (Wildman–Crippen LogP) is 4.57. The van der Waals surface area contributed by atoms with Crippen molar-refractivity contribution in [1.29, 1.82) is 0 Å². The molecule has 1 nitrogen and oxygen atoms in total. The molecule has 1 aliphatic heterocycles. The van der Waals surface area contributed by atoms with E-state index in [2.05, 4.69) is 49.7 Å².